The van der Waals surface area contributed by atoms with Crippen LogP contribution in [0.4, 0.5) is 11.4 Å². The van der Waals surface area contributed by atoms with Crippen LogP contribution in [0.1, 0.15) is 134 Å². The fourth-order valence-electron chi connectivity index (χ4n) is 7.80. The van der Waals surface area contributed by atoms with Gasteiger partial charge in [-0.15, -0.1) is 0 Å². The molecule has 3 aromatic rings. The number of allylic oxidation sites excluding steroid dienone is 3. The van der Waals surface area contributed by atoms with E-state index in [4.69, 9.17) is 21.1 Å². The van der Waals surface area contributed by atoms with Crippen molar-refractivity contribution in [1.82, 2.24) is 0 Å². The van der Waals surface area contributed by atoms with Crippen molar-refractivity contribution >= 4 is 56.4 Å². The van der Waals surface area contributed by atoms with Crippen molar-refractivity contribution < 1.29 is 23.9 Å². The molecule has 1 N–H and O–H groups in total. The van der Waals surface area contributed by atoms with Crippen LogP contribution < -0.4 is 23.8 Å². The summed E-state index contributed by atoms with van der Waals surface area (Å²) in [6.07, 6.45) is 23.6. The lowest BCUT2D eigenvalue weighted by molar-refractivity contribution is -0.669. The third-order valence-electron chi connectivity index (χ3n) is 10.9. The molecule has 0 amide bonds. The predicted molar refractivity (Wildman–Crippen MR) is 221 cm³/mol. The molecule has 3 aliphatic rings. The predicted octanol–water partition coefficient (Wildman–Crippen LogP) is 12.1. The molecular formula is C44H59ClN3O4S+. The summed E-state index contributed by atoms with van der Waals surface area (Å²) in [5.41, 5.74) is 4.97. The minimum atomic E-state index is -0.131. The Labute approximate surface area is 325 Å². The molecule has 286 valence electrons. The SMILES string of the molecule is CCCCCCCCCCN1/C(=C\C2=C(O)C(=Cc3sc4cc5c(cc4[n+]3CCCCCCCCCC)OCO5)C2=O)N(CC)c2cc(C)c(Cl)cc21. The average molecular weight is 761 g/mol. The minimum absolute atomic E-state index is 0.0565. The highest BCUT2D eigenvalue weighted by Gasteiger charge is 2.38. The number of unbranched alkanes of at least 4 members (excludes halogenated alkanes) is 14. The van der Waals surface area contributed by atoms with Crippen molar-refractivity contribution in [3.63, 3.8) is 0 Å². The Bertz CT molecular complexity index is 1860. The number of carbonyl (C=O) groups is 1. The number of aromatic nitrogens is 1. The maximum atomic E-state index is 13.9. The molecule has 0 spiro atoms. The molecule has 1 aliphatic carbocycles. The zero-order valence-corrected chi connectivity index (χ0v) is 34.0. The van der Waals surface area contributed by atoms with Gasteiger partial charge in [-0.05, 0) is 50.5 Å². The Morgan fingerprint density at radius 2 is 1.40 bits per heavy atom. The lowest BCUT2D eigenvalue weighted by Gasteiger charge is -2.27. The maximum absolute atomic E-state index is 13.9. The number of anilines is 2. The van der Waals surface area contributed by atoms with E-state index in [1.165, 1.54) is 77.0 Å². The van der Waals surface area contributed by atoms with Gasteiger partial charge < -0.3 is 24.4 Å². The van der Waals surface area contributed by atoms with Crippen molar-refractivity contribution in [3.8, 4) is 11.5 Å². The van der Waals surface area contributed by atoms with Crippen molar-refractivity contribution in [3.05, 3.63) is 68.7 Å². The number of aliphatic hydroxyl groups excluding tert-OH is 1. The Kier molecular flexibility index (Phi) is 13.8. The lowest BCUT2D eigenvalue weighted by Crippen LogP contribution is -2.35. The van der Waals surface area contributed by atoms with Gasteiger partial charge in [0, 0.05) is 36.7 Å². The molecule has 0 saturated heterocycles. The van der Waals surface area contributed by atoms with Crippen LogP contribution in [0.15, 0.2) is 53.1 Å². The van der Waals surface area contributed by atoms with E-state index < -0.39 is 0 Å². The molecule has 9 heteroatoms. The van der Waals surface area contributed by atoms with Gasteiger partial charge in [-0.25, -0.2) is 0 Å². The van der Waals surface area contributed by atoms with Crippen molar-refractivity contribution in [2.24, 2.45) is 0 Å². The summed E-state index contributed by atoms with van der Waals surface area (Å²) in [4.78, 5) is 18.5. The molecule has 0 saturated carbocycles. The summed E-state index contributed by atoms with van der Waals surface area (Å²) in [5, 5.41) is 13.2. The van der Waals surface area contributed by atoms with Gasteiger partial charge in [-0.2, -0.15) is 4.57 Å². The second-order valence-electron chi connectivity index (χ2n) is 14.9. The summed E-state index contributed by atoms with van der Waals surface area (Å²) >= 11 is 8.30. The van der Waals surface area contributed by atoms with Crippen LogP contribution in [-0.4, -0.2) is 30.8 Å². The molecule has 0 fully saturated rings. The number of hydrogen-bond donors (Lipinski definition) is 1. The van der Waals surface area contributed by atoms with Crippen LogP contribution in [0, 0.1) is 6.92 Å². The van der Waals surface area contributed by atoms with Crippen LogP contribution in [0.5, 0.6) is 11.5 Å². The highest BCUT2D eigenvalue weighted by molar-refractivity contribution is 7.18. The van der Waals surface area contributed by atoms with Gasteiger partial charge in [0.25, 0.3) is 5.01 Å². The molecule has 0 atom stereocenters. The van der Waals surface area contributed by atoms with Crippen molar-refractivity contribution in [2.75, 3.05) is 29.7 Å². The Morgan fingerprint density at radius 3 is 2.04 bits per heavy atom. The topological polar surface area (TPSA) is 66.1 Å². The fourth-order valence-corrected chi connectivity index (χ4v) is 9.10. The number of aryl methyl sites for hydroxylation is 2. The largest absolute Gasteiger partial charge is 0.506 e. The van der Waals surface area contributed by atoms with E-state index in [-0.39, 0.29) is 18.3 Å². The number of carbonyl (C=O) groups excluding carboxylic acids is 1. The highest BCUT2D eigenvalue weighted by Crippen LogP contribution is 2.46. The van der Waals surface area contributed by atoms with E-state index in [1.54, 1.807) is 11.3 Å². The number of ether oxygens (including phenoxy) is 2. The van der Waals surface area contributed by atoms with E-state index in [2.05, 4.69) is 53.3 Å². The normalized spacial score (nSPS) is 16.6. The van der Waals surface area contributed by atoms with Gasteiger partial charge in [0.05, 0.1) is 28.6 Å². The molecule has 2 aliphatic heterocycles. The summed E-state index contributed by atoms with van der Waals surface area (Å²) in [6, 6.07) is 8.29. The first-order valence-electron chi connectivity index (χ1n) is 20.4. The van der Waals surface area contributed by atoms with E-state index in [1.807, 2.05) is 25.1 Å². The standard InChI is InChI=1S/C44H58ClN3O4S/c1-5-8-10-12-14-16-18-20-22-47-36-27-34(45)31(4)24-35(36)46(7-3)41(47)25-32-43(49)33(44(32)50)26-42-48(23-21-19-17-15-13-11-9-6-2)37-28-38-39(52-30-51-38)29-40(37)53-42/h24-29H,5-23,30H2,1-4H3/p+1. The summed E-state index contributed by atoms with van der Waals surface area (Å²) in [5.74, 6) is 2.35. The Hall–Kier alpha value is -3.49. The Morgan fingerprint density at radius 1 is 0.792 bits per heavy atom. The fraction of sp³-hybridized carbons (Fsp3) is 0.545. The van der Waals surface area contributed by atoms with Crippen molar-refractivity contribution in [2.45, 2.75) is 137 Å². The Balaban J connectivity index is 1.24. The van der Waals surface area contributed by atoms with E-state index >= 15 is 0 Å². The number of ketones is 1. The molecule has 3 heterocycles. The number of benzene rings is 2. The van der Waals surface area contributed by atoms with E-state index in [0.717, 1.165) is 99.8 Å². The smallest absolute Gasteiger partial charge is 0.263 e. The number of fused-ring (bicyclic) bond motifs is 3. The van der Waals surface area contributed by atoms with Gasteiger partial charge in [0.2, 0.25) is 18.1 Å². The molecule has 1 aromatic heterocycles. The number of nitrogens with zero attached hydrogens (tertiary/aromatic N) is 3. The number of halogens is 1. The number of Topliss-reactive ketones (excluding diaryl/α,β-unsaturated/α-hetero) is 1. The highest BCUT2D eigenvalue weighted by atomic mass is 35.5. The van der Waals surface area contributed by atoms with Crippen LogP contribution in [-0.2, 0) is 11.3 Å². The first-order chi connectivity index (χ1) is 25.9. The molecule has 0 radical (unpaired) electrons. The second-order valence-corrected chi connectivity index (χ2v) is 16.3. The zero-order valence-electron chi connectivity index (χ0n) is 32.4. The van der Waals surface area contributed by atoms with Crippen LogP contribution in [0.25, 0.3) is 16.3 Å². The van der Waals surface area contributed by atoms with E-state index in [9.17, 15) is 9.90 Å². The monoisotopic (exact) mass is 760 g/mol. The number of aliphatic hydroxyl groups is 1. The number of rotatable bonds is 21. The van der Waals surface area contributed by atoms with Crippen LogP contribution in [0.2, 0.25) is 5.02 Å². The summed E-state index contributed by atoms with van der Waals surface area (Å²) < 4.78 is 14.8. The van der Waals surface area contributed by atoms with E-state index in [0.29, 0.717) is 11.1 Å². The lowest BCUT2D eigenvalue weighted by atomic mass is 9.87. The minimum Gasteiger partial charge on any atom is -0.506 e. The maximum Gasteiger partial charge on any atom is 0.263 e. The third-order valence-corrected chi connectivity index (χ3v) is 12.4. The molecule has 0 bridgehead atoms. The van der Waals surface area contributed by atoms with Crippen LogP contribution in [0.3, 0.4) is 0 Å². The van der Waals surface area contributed by atoms with Gasteiger partial charge in [-0.3, -0.25) is 4.79 Å². The first kappa shape index (κ1) is 39.2. The first-order valence-corrected chi connectivity index (χ1v) is 21.6. The van der Waals surface area contributed by atoms with Crippen LogP contribution >= 0.6 is 22.9 Å². The van der Waals surface area contributed by atoms with Crippen molar-refractivity contribution in [1.29, 1.82) is 0 Å². The molecule has 6 rings (SSSR count). The summed E-state index contributed by atoms with van der Waals surface area (Å²) in [6.45, 7) is 11.3. The van der Waals surface area contributed by atoms with Gasteiger partial charge >= 0.3 is 0 Å². The molecule has 7 nitrogen and oxygen atoms in total. The van der Waals surface area contributed by atoms with Gasteiger partial charge in [-0.1, -0.05) is 120 Å². The molecular weight excluding hydrogens is 702 g/mol. The number of hydrogen-bond acceptors (Lipinski definition) is 7. The van der Waals surface area contributed by atoms with Gasteiger partial charge in [0.15, 0.2) is 18.0 Å². The molecule has 53 heavy (non-hydrogen) atoms. The molecule has 0 unspecified atom stereocenters. The summed E-state index contributed by atoms with van der Waals surface area (Å²) in [7, 11) is 0. The third kappa shape index (κ3) is 8.91. The average Bonchev–Trinajstić information content (AvgIpc) is 3.83. The van der Waals surface area contributed by atoms with Gasteiger partial charge in [0.1, 0.15) is 16.3 Å². The quantitative estimate of drug-likeness (QED) is 0.0662. The zero-order chi connectivity index (χ0) is 37.3. The number of thiazole rings is 1. The second kappa shape index (κ2) is 18.7. The molecule has 2 aromatic carbocycles.